The number of ether oxygens (including phenoxy) is 1. The van der Waals surface area contributed by atoms with Gasteiger partial charge < -0.3 is 20.4 Å². The summed E-state index contributed by atoms with van der Waals surface area (Å²) < 4.78 is 5.26. The molecule has 0 aliphatic carbocycles. The molecular weight excluding hydrogens is 390 g/mol. The Morgan fingerprint density at radius 3 is 2.58 bits per heavy atom. The molecule has 4 rings (SSSR count). The largest absolute Gasteiger partial charge is 0.497 e. The van der Waals surface area contributed by atoms with Gasteiger partial charge >= 0.3 is 0 Å². The van der Waals surface area contributed by atoms with E-state index in [4.69, 9.17) is 4.74 Å². The molecule has 6 nitrogen and oxygen atoms in total. The van der Waals surface area contributed by atoms with Crippen molar-refractivity contribution in [2.75, 3.05) is 12.4 Å². The second kappa shape index (κ2) is 9.00. The number of benzene rings is 3. The molecule has 2 amide bonds. The average molecular weight is 411 g/mol. The highest BCUT2D eigenvalue weighted by molar-refractivity contribution is 6.11. The van der Waals surface area contributed by atoms with Gasteiger partial charge in [-0.25, -0.2) is 0 Å². The molecule has 0 saturated carbocycles. The minimum atomic E-state index is -0.432. The number of anilines is 1. The number of carbonyl (C=O) groups is 2. The zero-order chi connectivity index (χ0) is 21.6. The highest BCUT2D eigenvalue weighted by Gasteiger charge is 2.15. The molecule has 0 saturated heterocycles. The molecular formula is C25H21N3O3. The van der Waals surface area contributed by atoms with Gasteiger partial charge in [-0.1, -0.05) is 36.4 Å². The number of nitrogens with one attached hydrogen (secondary N) is 3. The van der Waals surface area contributed by atoms with Crippen LogP contribution in [0.1, 0.15) is 15.9 Å². The van der Waals surface area contributed by atoms with Crippen LogP contribution < -0.4 is 15.4 Å². The van der Waals surface area contributed by atoms with Crippen LogP contribution in [0.3, 0.4) is 0 Å². The summed E-state index contributed by atoms with van der Waals surface area (Å²) >= 11 is 0. The van der Waals surface area contributed by atoms with Crippen LogP contribution in [0.5, 0.6) is 5.75 Å². The highest BCUT2D eigenvalue weighted by Crippen LogP contribution is 2.19. The maximum Gasteiger partial charge on any atom is 0.272 e. The van der Waals surface area contributed by atoms with E-state index in [0.29, 0.717) is 17.0 Å². The zero-order valence-corrected chi connectivity index (χ0v) is 16.9. The van der Waals surface area contributed by atoms with Gasteiger partial charge in [-0.3, -0.25) is 9.59 Å². The third kappa shape index (κ3) is 4.82. The number of fused-ring (bicyclic) bond motifs is 1. The third-order valence-electron chi connectivity index (χ3n) is 4.75. The Morgan fingerprint density at radius 2 is 1.77 bits per heavy atom. The molecule has 0 unspecified atom stereocenters. The fourth-order valence-electron chi connectivity index (χ4n) is 3.16. The van der Waals surface area contributed by atoms with E-state index in [9.17, 15) is 9.59 Å². The molecule has 0 spiro atoms. The van der Waals surface area contributed by atoms with Crippen LogP contribution in [0.4, 0.5) is 5.69 Å². The number of rotatable bonds is 6. The van der Waals surface area contributed by atoms with E-state index in [2.05, 4.69) is 15.6 Å². The lowest BCUT2D eigenvalue weighted by Crippen LogP contribution is -2.30. The lowest BCUT2D eigenvalue weighted by Gasteiger charge is -2.12. The minimum absolute atomic E-state index is 0.119. The van der Waals surface area contributed by atoms with Gasteiger partial charge in [-0.15, -0.1) is 0 Å². The van der Waals surface area contributed by atoms with Crippen LogP contribution >= 0.6 is 0 Å². The van der Waals surface area contributed by atoms with E-state index in [1.165, 1.54) is 0 Å². The van der Waals surface area contributed by atoms with E-state index in [1.54, 1.807) is 43.5 Å². The highest BCUT2D eigenvalue weighted by atomic mass is 16.5. The fraction of sp³-hybridized carbons (Fsp3) is 0.0400. The molecule has 154 valence electrons. The molecule has 31 heavy (non-hydrogen) atoms. The molecule has 0 radical (unpaired) electrons. The van der Waals surface area contributed by atoms with Crippen molar-refractivity contribution in [1.82, 2.24) is 10.3 Å². The van der Waals surface area contributed by atoms with Gasteiger partial charge in [0.1, 0.15) is 11.4 Å². The molecule has 1 heterocycles. The molecule has 3 aromatic carbocycles. The fourth-order valence-corrected chi connectivity index (χ4v) is 3.16. The van der Waals surface area contributed by atoms with Gasteiger partial charge in [-0.2, -0.15) is 0 Å². The Labute approximate surface area is 179 Å². The van der Waals surface area contributed by atoms with Crippen LogP contribution in [-0.4, -0.2) is 23.9 Å². The second-order valence-electron chi connectivity index (χ2n) is 6.89. The lowest BCUT2D eigenvalue weighted by molar-refractivity contribution is -0.113. The van der Waals surface area contributed by atoms with Crippen LogP contribution in [-0.2, 0) is 4.79 Å². The Bertz CT molecular complexity index is 1260. The third-order valence-corrected chi connectivity index (χ3v) is 4.75. The van der Waals surface area contributed by atoms with Crippen molar-refractivity contribution in [2.24, 2.45) is 0 Å². The number of hydrogen-bond acceptors (Lipinski definition) is 3. The summed E-state index contributed by atoms with van der Waals surface area (Å²) in [6.45, 7) is 0. The normalized spacial score (nSPS) is 11.2. The number of H-pyrrole nitrogens is 1. The Kier molecular flexibility index (Phi) is 5.80. The van der Waals surface area contributed by atoms with Gasteiger partial charge in [0.2, 0.25) is 0 Å². The van der Waals surface area contributed by atoms with Crippen LogP contribution in [0.2, 0.25) is 0 Å². The Hall–Kier alpha value is -4.32. The first-order chi connectivity index (χ1) is 15.1. The summed E-state index contributed by atoms with van der Waals surface area (Å²) in [5.41, 5.74) is 2.82. The van der Waals surface area contributed by atoms with E-state index in [-0.39, 0.29) is 11.6 Å². The number of carbonyl (C=O) groups excluding carboxylic acids is 2. The monoisotopic (exact) mass is 411 g/mol. The molecule has 4 aromatic rings. The topological polar surface area (TPSA) is 83.2 Å². The van der Waals surface area contributed by atoms with Crippen molar-refractivity contribution in [3.8, 4) is 5.75 Å². The summed E-state index contributed by atoms with van der Waals surface area (Å²) in [4.78, 5) is 28.9. The van der Waals surface area contributed by atoms with Crippen LogP contribution in [0, 0.1) is 0 Å². The number of aromatic nitrogens is 1. The smallest absolute Gasteiger partial charge is 0.272 e. The molecule has 0 aliphatic heterocycles. The van der Waals surface area contributed by atoms with Crippen molar-refractivity contribution in [3.63, 3.8) is 0 Å². The molecule has 6 heteroatoms. The summed E-state index contributed by atoms with van der Waals surface area (Å²) in [6, 6.07) is 23.5. The van der Waals surface area contributed by atoms with E-state index in [1.807, 2.05) is 54.7 Å². The predicted octanol–water partition coefficient (Wildman–Crippen LogP) is 4.59. The average Bonchev–Trinajstić information content (AvgIpc) is 3.27. The summed E-state index contributed by atoms with van der Waals surface area (Å²) in [6.07, 6.45) is 3.45. The number of aromatic amines is 1. The van der Waals surface area contributed by atoms with E-state index < -0.39 is 5.91 Å². The quantitative estimate of drug-likeness (QED) is 0.406. The Morgan fingerprint density at radius 1 is 0.935 bits per heavy atom. The molecule has 0 fully saturated rings. The zero-order valence-electron chi connectivity index (χ0n) is 16.9. The van der Waals surface area contributed by atoms with Crippen LogP contribution in [0.15, 0.2) is 90.8 Å². The predicted molar refractivity (Wildman–Crippen MR) is 122 cm³/mol. The van der Waals surface area contributed by atoms with Gasteiger partial charge in [0.05, 0.1) is 7.11 Å². The Balaban J connectivity index is 1.63. The summed E-state index contributed by atoms with van der Waals surface area (Å²) in [7, 11) is 1.57. The number of hydrogen-bond donors (Lipinski definition) is 3. The number of methoxy groups -OCH3 is 1. The standard InChI is InChI=1S/C25H21N3O3/c1-31-21-9-5-6-17(14-21)15-23(28-24(29)19-7-3-2-4-8-19)25(30)27-20-11-10-18-12-13-26-22(18)16-20/h2-16,26H,1H3,(H,27,30)(H,28,29)/b23-15+. The first-order valence-corrected chi connectivity index (χ1v) is 9.73. The van der Waals surface area contributed by atoms with Crippen LogP contribution in [0.25, 0.3) is 17.0 Å². The van der Waals surface area contributed by atoms with Gasteiger partial charge in [-0.05, 0) is 59.5 Å². The molecule has 0 aliphatic rings. The SMILES string of the molecule is COc1cccc(/C=C(/NC(=O)c2ccccc2)C(=O)Nc2ccc3cc[nH]c3c2)c1. The van der Waals surface area contributed by atoms with Gasteiger partial charge in [0.25, 0.3) is 11.8 Å². The number of amides is 2. The van der Waals surface area contributed by atoms with Crippen molar-refractivity contribution < 1.29 is 14.3 Å². The first-order valence-electron chi connectivity index (χ1n) is 9.73. The van der Waals surface area contributed by atoms with E-state index >= 15 is 0 Å². The molecule has 3 N–H and O–H groups in total. The summed E-state index contributed by atoms with van der Waals surface area (Å²) in [5.74, 6) is -0.150. The first kappa shape index (κ1) is 20.0. The lowest BCUT2D eigenvalue weighted by atomic mass is 10.1. The summed E-state index contributed by atoms with van der Waals surface area (Å²) in [5, 5.41) is 6.63. The van der Waals surface area contributed by atoms with Crippen molar-refractivity contribution in [2.45, 2.75) is 0 Å². The minimum Gasteiger partial charge on any atom is -0.497 e. The molecule has 1 aromatic heterocycles. The van der Waals surface area contributed by atoms with Gasteiger partial charge in [0, 0.05) is 23.0 Å². The maximum absolute atomic E-state index is 13.1. The van der Waals surface area contributed by atoms with Crippen molar-refractivity contribution >= 4 is 34.5 Å². The van der Waals surface area contributed by atoms with Crippen molar-refractivity contribution in [1.29, 1.82) is 0 Å². The van der Waals surface area contributed by atoms with E-state index in [0.717, 1.165) is 16.5 Å². The van der Waals surface area contributed by atoms with Crippen molar-refractivity contribution in [3.05, 3.63) is 102 Å². The van der Waals surface area contributed by atoms with Gasteiger partial charge in [0.15, 0.2) is 0 Å². The molecule has 0 atom stereocenters. The molecule has 0 bridgehead atoms. The second-order valence-corrected chi connectivity index (χ2v) is 6.89. The maximum atomic E-state index is 13.1.